The number of rotatable bonds is 9. The summed E-state index contributed by atoms with van der Waals surface area (Å²) in [6.07, 6.45) is 10.6. The molecule has 2 fully saturated rings. The van der Waals surface area contributed by atoms with Gasteiger partial charge in [0, 0.05) is 34.0 Å². The number of hydrogen-bond donors (Lipinski definition) is 3. The molecule has 2 saturated carbocycles. The Balaban J connectivity index is 1.27. The summed E-state index contributed by atoms with van der Waals surface area (Å²) in [6.45, 7) is 2.81. The molecule has 2 heterocycles. The third-order valence-corrected chi connectivity index (χ3v) is 9.70. The third kappa shape index (κ3) is 5.13. The number of nitrogens with one attached hydrogen (secondary N) is 3. The second-order valence-corrected chi connectivity index (χ2v) is 12.3. The van der Waals surface area contributed by atoms with Crippen molar-refractivity contribution in [3.8, 4) is 0 Å². The van der Waals surface area contributed by atoms with E-state index < -0.39 is 0 Å². The van der Waals surface area contributed by atoms with Gasteiger partial charge in [0.15, 0.2) is 0 Å². The van der Waals surface area contributed by atoms with Gasteiger partial charge in [-0.1, -0.05) is 6.07 Å². The standard InChI is InChI=1S/C27H32N6O2S2/c1-15-20(4-3-5-21(15)36-2)30-27-32-29-14-33(27)18-10-11-22-19(12-18)23(25(35)28-13-16-6-7-16)26(37-22)31-24(34)17-8-9-17/h3-5,14,16-18H,6-13H2,1-2H3,(H,28,35)(H,30,32)(H,31,34)/t18-/m0/s1. The number of anilines is 3. The van der Waals surface area contributed by atoms with E-state index in [0.29, 0.717) is 35.4 Å². The van der Waals surface area contributed by atoms with Crippen LogP contribution in [0.4, 0.5) is 16.6 Å². The van der Waals surface area contributed by atoms with E-state index in [0.717, 1.165) is 36.9 Å². The highest BCUT2D eigenvalue weighted by Gasteiger charge is 2.35. The van der Waals surface area contributed by atoms with Crippen LogP contribution < -0.4 is 16.0 Å². The zero-order chi connectivity index (χ0) is 25.5. The summed E-state index contributed by atoms with van der Waals surface area (Å²) in [5.74, 6) is 1.36. The van der Waals surface area contributed by atoms with Crippen LogP contribution in [0.1, 0.15) is 64.5 Å². The molecule has 0 bridgehead atoms. The van der Waals surface area contributed by atoms with Crippen molar-refractivity contribution in [1.29, 1.82) is 0 Å². The molecule has 1 aromatic carbocycles. The van der Waals surface area contributed by atoms with Gasteiger partial charge in [0.25, 0.3) is 5.91 Å². The van der Waals surface area contributed by atoms with Crippen LogP contribution in [0.25, 0.3) is 0 Å². The minimum Gasteiger partial charge on any atom is -0.352 e. The average Bonchev–Trinajstić information content (AvgIpc) is 3.83. The molecule has 6 rings (SSSR count). The Morgan fingerprint density at radius 1 is 1.19 bits per heavy atom. The molecular formula is C27H32N6O2S2. The number of carbonyl (C=O) groups is 2. The number of carbonyl (C=O) groups excluding carboxylic acids is 2. The van der Waals surface area contributed by atoms with Crippen LogP contribution in [0.2, 0.25) is 0 Å². The Bertz CT molecular complexity index is 1340. The molecule has 8 nitrogen and oxygen atoms in total. The number of amides is 2. The number of fused-ring (bicyclic) bond motifs is 1. The van der Waals surface area contributed by atoms with E-state index in [4.69, 9.17) is 0 Å². The fraction of sp³-hybridized carbons (Fsp3) is 0.481. The number of aromatic nitrogens is 3. The molecule has 194 valence electrons. The van der Waals surface area contributed by atoms with E-state index in [9.17, 15) is 9.59 Å². The molecule has 3 N–H and O–H groups in total. The van der Waals surface area contributed by atoms with Gasteiger partial charge < -0.3 is 16.0 Å². The highest BCUT2D eigenvalue weighted by atomic mass is 32.2. The molecule has 0 saturated heterocycles. The van der Waals surface area contributed by atoms with Gasteiger partial charge >= 0.3 is 0 Å². The second kappa shape index (κ2) is 10.1. The quantitative estimate of drug-likeness (QED) is 0.320. The molecule has 3 aliphatic carbocycles. The van der Waals surface area contributed by atoms with E-state index in [-0.39, 0.29) is 23.8 Å². The van der Waals surface area contributed by atoms with Crippen molar-refractivity contribution in [3.63, 3.8) is 0 Å². The van der Waals surface area contributed by atoms with Crippen LogP contribution in [0, 0.1) is 18.8 Å². The van der Waals surface area contributed by atoms with Crippen molar-refractivity contribution in [2.24, 2.45) is 11.8 Å². The summed E-state index contributed by atoms with van der Waals surface area (Å²) in [5.41, 5.74) is 3.91. The van der Waals surface area contributed by atoms with E-state index in [2.05, 4.69) is 56.0 Å². The number of nitrogens with zero attached hydrogens (tertiary/aromatic N) is 3. The predicted molar refractivity (Wildman–Crippen MR) is 148 cm³/mol. The molecule has 10 heteroatoms. The maximum Gasteiger partial charge on any atom is 0.254 e. The van der Waals surface area contributed by atoms with Crippen LogP contribution in [0.5, 0.6) is 0 Å². The zero-order valence-electron chi connectivity index (χ0n) is 21.2. The maximum atomic E-state index is 13.4. The molecule has 0 aliphatic heterocycles. The normalized spacial score (nSPS) is 18.8. The molecule has 3 aromatic rings. The van der Waals surface area contributed by atoms with Crippen LogP contribution in [0.15, 0.2) is 29.4 Å². The summed E-state index contributed by atoms with van der Waals surface area (Å²) in [5, 5.41) is 19.0. The van der Waals surface area contributed by atoms with Crippen molar-refractivity contribution in [1.82, 2.24) is 20.1 Å². The summed E-state index contributed by atoms with van der Waals surface area (Å²) in [7, 11) is 0. The van der Waals surface area contributed by atoms with Crippen molar-refractivity contribution in [2.75, 3.05) is 23.4 Å². The highest BCUT2D eigenvalue weighted by molar-refractivity contribution is 7.98. The number of aryl methyl sites for hydroxylation is 1. The van der Waals surface area contributed by atoms with Gasteiger partial charge in [-0.15, -0.1) is 33.3 Å². The summed E-state index contributed by atoms with van der Waals surface area (Å²) in [6, 6.07) is 6.34. The first-order chi connectivity index (χ1) is 18.0. The predicted octanol–water partition coefficient (Wildman–Crippen LogP) is 5.33. The molecule has 2 amide bonds. The van der Waals surface area contributed by atoms with Gasteiger partial charge in [0.05, 0.1) is 5.56 Å². The first-order valence-electron chi connectivity index (χ1n) is 13.1. The van der Waals surface area contributed by atoms with Crippen LogP contribution in [-0.4, -0.2) is 39.4 Å². The first kappa shape index (κ1) is 24.5. The van der Waals surface area contributed by atoms with Crippen molar-refractivity contribution < 1.29 is 9.59 Å². The lowest BCUT2D eigenvalue weighted by atomic mass is 9.91. The van der Waals surface area contributed by atoms with Gasteiger partial charge in [-0.3, -0.25) is 14.2 Å². The Labute approximate surface area is 225 Å². The van der Waals surface area contributed by atoms with Gasteiger partial charge in [-0.05, 0) is 87.3 Å². The molecule has 2 aromatic heterocycles. The molecule has 37 heavy (non-hydrogen) atoms. The number of benzene rings is 1. The van der Waals surface area contributed by atoms with E-state index in [1.165, 1.54) is 28.2 Å². The van der Waals surface area contributed by atoms with E-state index in [1.807, 2.05) is 6.07 Å². The summed E-state index contributed by atoms with van der Waals surface area (Å²) >= 11 is 3.30. The molecule has 3 aliphatic rings. The summed E-state index contributed by atoms with van der Waals surface area (Å²) < 4.78 is 2.10. The monoisotopic (exact) mass is 536 g/mol. The number of thiophene rings is 1. The molecule has 0 spiro atoms. The minimum absolute atomic E-state index is 0.0412. The van der Waals surface area contributed by atoms with Gasteiger partial charge in [-0.25, -0.2) is 0 Å². The fourth-order valence-electron chi connectivity index (χ4n) is 5.03. The lowest BCUT2D eigenvalue weighted by molar-refractivity contribution is -0.117. The fourth-order valence-corrected chi connectivity index (χ4v) is 6.90. The van der Waals surface area contributed by atoms with E-state index in [1.54, 1.807) is 29.4 Å². The van der Waals surface area contributed by atoms with Crippen molar-refractivity contribution in [2.45, 2.75) is 62.8 Å². The van der Waals surface area contributed by atoms with Gasteiger partial charge in [-0.2, -0.15) is 0 Å². The molecule has 0 unspecified atom stereocenters. The second-order valence-electron chi connectivity index (χ2n) is 10.3. The van der Waals surface area contributed by atoms with Gasteiger partial charge in [0.1, 0.15) is 11.3 Å². The average molecular weight is 537 g/mol. The Hall–Kier alpha value is -2.85. The topological polar surface area (TPSA) is 101 Å². The van der Waals surface area contributed by atoms with Gasteiger partial charge in [0.2, 0.25) is 11.9 Å². The maximum absolute atomic E-state index is 13.4. The molecule has 1 atom stereocenters. The minimum atomic E-state index is -0.0669. The third-order valence-electron chi connectivity index (χ3n) is 7.61. The molecular weight excluding hydrogens is 504 g/mol. The van der Waals surface area contributed by atoms with Crippen LogP contribution >= 0.6 is 23.1 Å². The molecule has 0 radical (unpaired) electrons. The van der Waals surface area contributed by atoms with Crippen LogP contribution in [-0.2, 0) is 17.6 Å². The SMILES string of the molecule is CSc1cccc(Nc2nncn2[C@H]2CCc3sc(NC(=O)C4CC4)c(C(=O)NCC4CC4)c3C2)c1C. The lowest BCUT2D eigenvalue weighted by Crippen LogP contribution is -2.28. The Morgan fingerprint density at radius 2 is 2.03 bits per heavy atom. The highest BCUT2D eigenvalue weighted by Crippen LogP contribution is 2.43. The number of thioether (sulfide) groups is 1. The Morgan fingerprint density at radius 3 is 2.78 bits per heavy atom. The number of hydrogen-bond acceptors (Lipinski definition) is 7. The first-order valence-corrected chi connectivity index (χ1v) is 15.1. The Kier molecular flexibility index (Phi) is 6.71. The largest absolute Gasteiger partial charge is 0.352 e. The van der Waals surface area contributed by atoms with E-state index >= 15 is 0 Å². The lowest BCUT2D eigenvalue weighted by Gasteiger charge is -2.25. The van der Waals surface area contributed by atoms with Crippen molar-refractivity contribution in [3.05, 3.63) is 46.1 Å². The van der Waals surface area contributed by atoms with Crippen molar-refractivity contribution >= 4 is 51.5 Å². The van der Waals surface area contributed by atoms with Crippen LogP contribution in [0.3, 0.4) is 0 Å². The summed E-state index contributed by atoms with van der Waals surface area (Å²) in [4.78, 5) is 28.4. The zero-order valence-corrected chi connectivity index (χ0v) is 22.8. The smallest absolute Gasteiger partial charge is 0.254 e.